The number of amides is 1. The summed E-state index contributed by atoms with van der Waals surface area (Å²) in [4.78, 5) is 19.2. The van der Waals surface area contributed by atoms with Crippen LogP contribution in [-0.2, 0) is 4.74 Å². The van der Waals surface area contributed by atoms with Crippen molar-refractivity contribution in [1.82, 2.24) is 9.88 Å². The Bertz CT molecular complexity index is 737. The molecule has 2 aromatic rings. The Labute approximate surface area is 149 Å². The third kappa shape index (κ3) is 4.24. The molecule has 132 valence electrons. The molecule has 1 fully saturated rings. The predicted octanol–water partition coefficient (Wildman–Crippen LogP) is 3.34. The first-order valence-electron chi connectivity index (χ1n) is 8.72. The molecule has 1 amide bonds. The minimum Gasteiger partial charge on any atom is -0.379 e. The van der Waals surface area contributed by atoms with Gasteiger partial charge in [0.25, 0.3) is 5.91 Å². The molecule has 5 nitrogen and oxygen atoms in total. The number of anilines is 1. The number of benzene rings is 1. The van der Waals surface area contributed by atoms with E-state index in [1.807, 2.05) is 38.1 Å². The average Bonchev–Trinajstić information content (AvgIpc) is 2.62. The number of hydrogen-bond acceptors (Lipinski definition) is 4. The number of pyridine rings is 1. The normalized spacial score (nSPS) is 16.4. The first-order valence-corrected chi connectivity index (χ1v) is 8.72. The molecule has 1 aliphatic rings. The standard InChI is InChI=1S/C20H25N3O2/c1-14-4-9-19(15(2)21-14)20(24)22-18-7-5-17(6-8-18)16(3)23-10-12-25-13-11-23/h4-9,16H,10-13H2,1-3H3,(H,22,24)/t16-/m0/s1. The molecule has 2 heterocycles. The molecule has 1 aromatic heterocycles. The van der Waals surface area contributed by atoms with E-state index in [1.165, 1.54) is 5.56 Å². The first kappa shape index (κ1) is 17.6. The van der Waals surface area contributed by atoms with E-state index in [-0.39, 0.29) is 5.91 Å². The molecule has 1 saturated heterocycles. The van der Waals surface area contributed by atoms with Gasteiger partial charge in [-0.25, -0.2) is 0 Å². The third-order valence-electron chi connectivity index (χ3n) is 4.71. The highest BCUT2D eigenvalue weighted by Gasteiger charge is 2.18. The van der Waals surface area contributed by atoms with Crippen LogP contribution in [0.1, 0.15) is 40.3 Å². The minimum atomic E-state index is -0.126. The molecule has 1 aromatic carbocycles. The van der Waals surface area contributed by atoms with Crippen LogP contribution >= 0.6 is 0 Å². The summed E-state index contributed by atoms with van der Waals surface area (Å²) in [6.07, 6.45) is 0. The number of nitrogens with one attached hydrogen (secondary N) is 1. The number of hydrogen-bond donors (Lipinski definition) is 1. The maximum Gasteiger partial charge on any atom is 0.257 e. The largest absolute Gasteiger partial charge is 0.379 e. The lowest BCUT2D eigenvalue weighted by molar-refractivity contribution is 0.0198. The fraction of sp³-hybridized carbons (Fsp3) is 0.400. The van der Waals surface area contributed by atoms with Gasteiger partial charge >= 0.3 is 0 Å². The molecule has 5 heteroatoms. The van der Waals surface area contributed by atoms with Gasteiger partial charge in [0.1, 0.15) is 0 Å². The van der Waals surface area contributed by atoms with Gasteiger partial charge in [-0.05, 0) is 50.6 Å². The van der Waals surface area contributed by atoms with Gasteiger partial charge < -0.3 is 10.1 Å². The highest BCUT2D eigenvalue weighted by molar-refractivity contribution is 6.04. The first-order chi connectivity index (χ1) is 12.0. The Hall–Kier alpha value is -2.24. The molecule has 0 bridgehead atoms. The molecule has 25 heavy (non-hydrogen) atoms. The number of carbonyl (C=O) groups excluding carboxylic acids is 1. The Morgan fingerprint density at radius 1 is 1.12 bits per heavy atom. The molecule has 0 unspecified atom stereocenters. The fourth-order valence-electron chi connectivity index (χ4n) is 3.15. The fourth-order valence-corrected chi connectivity index (χ4v) is 3.15. The van der Waals surface area contributed by atoms with Gasteiger partial charge in [0, 0.05) is 30.5 Å². The van der Waals surface area contributed by atoms with Crippen molar-refractivity contribution in [2.24, 2.45) is 0 Å². The van der Waals surface area contributed by atoms with Crippen molar-refractivity contribution in [3.63, 3.8) is 0 Å². The van der Waals surface area contributed by atoms with Crippen LogP contribution < -0.4 is 5.32 Å². The van der Waals surface area contributed by atoms with E-state index in [9.17, 15) is 4.79 Å². The van der Waals surface area contributed by atoms with E-state index in [4.69, 9.17) is 4.74 Å². The van der Waals surface area contributed by atoms with Gasteiger partial charge in [0.2, 0.25) is 0 Å². The molecule has 0 spiro atoms. The molecule has 0 radical (unpaired) electrons. The van der Waals surface area contributed by atoms with Gasteiger partial charge in [-0.1, -0.05) is 12.1 Å². The summed E-state index contributed by atoms with van der Waals surface area (Å²) >= 11 is 0. The average molecular weight is 339 g/mol. The summed E-state index contributed by atoms with van der Waals surface area (Å²) in [6.45, 7) is 9.49. The number of carbonyl (C=O) groups is 1. The van der Waals surface area contributed by atoms with E-state index in [2.05, 4.69) is 34.3 Å². The van der Waals surface area contributed by atoms with Crippen molar-refractivity contribution < 1.29 is 9.53 Å². The zero-order valence-corrected chi connectivity index (χ0v) is 15.1. The smallest absolute Gasteiger partial charge is 0.257 e. The van der Waals surface area contributed by atoms with Crippen LogP contribution in [-0.4, -0.2) is 42.1 Å². The molecule has 1 atom stereocenters. The Kier molecular flexibility index (Phi) is 5.46. The van der Waals surface area contributed by atoms with Crippen molar-refractivity contribution in [1.29, 1.82) is 0 Å². The summed E-state index contributed by atoms with van der Waals surface area (Å²) in [5.74, 6) is -0.126. The van der Waals surface area contributed by atoms with E-state index >= 15 is 0 Å². The third-order valence-corrected chi connectivity index (χ3v) is 4.71. The molecule has 1 N–H and O–H groups in total. The van der Waals surface area contributed by atoms with Crippen LogP contribution in [0.25, 0.3) is 0 Å². The van der Waals surface area contributed by atoms with Crippen molar-refractivity contribution in [3.05, 3.63) is 58.9 Å². The molecule has 0 saturated carbocycles. The highest BCUT2D eigenvalue weighted by Crippen LogP contribution is 2.23. The SMILES string of the molecule is Cc1ccc(C(=O)Nc2ccc([C@H](C)N3CCOCC3)cc2)c(C)n1. The summed E-state index contributed by atoms with van der Waals surface area (Å²) in [5.41, 5.74) is 4.30. The Balaban J connectivity index is 1.66. The monoisotopic (exact) mass is 339 g/mol. The van der Waals surface area contributed by atoms with Crippen molar-refractivity contribution in [2.75, 3.05) is 31.6 Å². The van der Waals surface area contributed by atoms with E-state index in [1.54, 1.807) is 0 Å². The number of rotatable bonds is 4. The quantitative estimate of drug-likeness (QED) is 0.928. The van der Waals surface area contributed by atoms with Crippen LogP contribution in [0.3, 0.4) is 0 Å². The molecule has 1 aliphatic heterocycles. The second-order valence-corrected chi connectivity index (χ2v) is 6.49. The lowest BCUT2D eigenvalue weighted by Crippen LogP contribution is -2.37. The zero-order valence-electron chi connectivity index (χ0n) is 15.1. The van der Waals surface area contributed by atoms with Crippen LogP contribution in [0.5, 0.6) is 0 Å². The van der Waals surface area contributed by atoms with Gasteiger partial charge in [-0.3, -0.25) is 14.7 Å². The molecular weight excluding hydrogens is 314 g/mol. The summed E-state index contributed by atoms with van der Waals surface area (Å²) in [6, 6.07) is 12.1. The second-order valence-electron chi connectivity index (χ2n) is 6.49. The van der Waals surface area contributed by atoms with Crippen molar-refractivity contribution in [3.8, 4) is 0 Å². The van der Waals surface area contributed by atoms with Crippen molar-refractivity contribution in [2.45, 2.75) is 26.8 Å². The van der Waals surface area contributed by atoms with E-state index < -0.39 is 0 Å². The highest BCUT2D eigenvalue weighted by atomic mass is 16.5. The minimum absolute atomic E-state index is 0.126. The number of morpholine rings is 1. The lowest BCUT2D eigenvalue weighted by Gasteiger charge is -2.32. The summed E-state index contributed by atoms with van der Waals surface area (Å²) < 4.78 is 5.41. The number of aryl methyl sites for hydroxylation is 2. The summed E-state index contributed by atoms with van der Waals surface area (Å²) in [7, 11) is 0. The topological polar surface area (TPSA) is 54.5 Å². The predicted molar refractivity (Wildman–Crippen MR) is 98.9 cm³/mol. The second kappa shape index (κ2) is 7.76. The zero-order chi connectivity index (χ0) is 17.8. The van der Waals surface area contributed by atoms with E-state index in [0.717, 1.165) is 43.4 Å². The van der Waals surface area contributed by atoms with Crippen LogP contribution in [0.15, 0.2) is 36.4 Å². The van der Waals surface area contributed by atoms with Crippen LogP contribution in [0.2, 0.25) is 0 Å². The number of aromatic nitrogens is 1. The van der Waals surface area contributed by atoms with Gasteiger partial charge in [-0.15, -0.1) is 0 Å². The number of nitrogens with zero attached hydrogens (tertiary/aromatic N) is 2. The van der Waals surface area contributed by atoms with E-state index in [0.29, 0.717) is 11.6 Å². The summed E-state index contributed by atoms with van der Waals surface area (Å²) in [5, 5.41) is 2.95. The Morgan fingerprint density at radius 3 is 2.44 bits per heavy atom. The van der Waals surface area contributed by atoms with Crippen LogP contribution in [0, 0.1) is 13.8 Å². The molecular formula is C20H25N3O2. The molecule has 0 aliphatic carbocycles. The van der Waals surface area contributed by atoms with Gasteiger partial charge in [0.05, 0.1) is 24.5 Å². The van der Waals surface area contributed by atoms with Gasteiger partial charge in [-0.2, -0.15) is 0 Å². The van der Waals surface area contributed by atoms with Gasteiger partial charge in [0.15, 0.2) is 0 Å². The lowest BCUT2D eigenvalue weighted by atomic mass is 10.1. The number of ether oxygens (including phenoxy) is 1. The molecule has 3 rings (SSSR count). The van der Waals surface area contributed by atoms with Crippen molar-refractivity contribution >= 4 is 11.6 Å². The maximum atomic E-state index is 12.4. The maximum absolute atomic E-state index is 12.4. The Morgan fingerprint density at radius 2 is 1.80 bits per heavy atom. The van der Waals surface area contributed by atoms with Crippen LogP contribution in [0.4, 0.5) is 5.69 Å².